The molecule has 0 aliphatic heterocycles. The van der Waals surface area contributed by atoms with Crippen molar-refractivity contribution in [3.63, 3.8) is 0 Å². The molecule has 1 N–H and O–H groups in total. The summed E-state index contributed by atoms with van der Waals surface area (Å²) in [5, 5.41) is 2.62. The van der Waals surface area contributed by atoms with Gasteiger partial charge in [-0.3, -0.25) is 4.79 Å². The molecule has 4 nitrogen and oxygen atoms in total. The maximum absolute atomic E-state index is 12.1. The van der Waals surface area contributed by atoms with Crippen molar-refractivity contribution in [1.82, 2.24) is 0 Å². The third-order valence-corrected chi connectivity index (χ3v) is 4.85. The van der Waals surface area contributed by atoms with Crippen molar-refractivity contribution >= 4 is 21.4 Å². The average Bonchev–Trinajstić information content (AvgIpc) is 2.43. The molecule has 21 heavy (non-hydrogen) atoms. The zero-order valence-corrected chi connectivity index (χ0v) is 12.8. The van der Waals surface area contributed by atoms with Gasteiger partial charge in [-0.1, -0.05) is 24.3 Å². The average molecular weight is 303 g/mol. The first-order valence-corrected chi connectivity index (χ1v) is 8.18. The van der Waals surface area contributed by atoms with Crippen LogP contribution in [0.15, 0.2) is 53.4 Å². The molecule has 1 amide bonds. The van der Waals surface area contributed by atoms with Gasteiger partial charge in [0.2, 0.25) is 5.91 Å². The minimum Gasteiger partial charge on any atom is -0.325 e. The van der Waals surface area contributed by atoms with E-state index in [0.717, 1.165) is 11.1 Å². The van der Waals surface area contributed by atoms with Gasteiger partial charge in [0.15, 0.2) is 9.84 Å². The molecule has 0 aromatic heterocycles. The Bertz CT molecular complexity index is 752. The highest BCUT2D eigenvalue weighted by atomic mass is 32.2. The molecule has 0 fully saturated rings. The standard InChI is InChI=1S/C16H17NO3S/c1-12-8-9-14(10-13(12)2)17-16(18)11-21(19,20)15-6-4-3-5-7-15/h3-10H,11H2,1-2H3,(H,17,18). The van der Waals surface area contributed by atoms with Gasteiger partial charge >= 0.3 is 0 Å². The molecule has 0 spiro atoms. The normalized spacial score (nSPS) is 11.1. The third-order valence-electron chi connectivity index (χ3n) is 3.21. The Morgan fingerprint density at radius 1 is 1.00 bits per heavy atom. The number of hydrogen-bond donors (Lipinski definition) is 1. The number of sulfone groups is 1. The number of carbonyl (C=O) groups excluding carboxylic acids is 1. The minimum atomic E-state index is -3.61. The fourth-order valence-electron chi connectivity index (χ4n) is 1.90. The molecule has 0 saturated heterocycles. The summed E-state index contributed by atoms with van der Waals surface area (Å²) >= 11 is 0. The number of rotatable bonds is 4. The molecule has 2 aromatic carbocycles. The van der Waals surface area contributed by atoms with Gasteiger partial charge in [-0.05, 0) is 49.2 Å². The fourth-order valence-corrected chi connectivity index (χ4v) is 3.06. The smallest absolute Gasteiger partial charge is 0.239 e. The molecule has 0 saturated carbocycles. The Labute approximate surface area is 124 Å². The van der Waals surface area contributed by atoms with Crippen molar-refractivity contribution in [2.24, 2.45) is 0 Å². The van der Waals surface area contributed by atoms with Crippen LogP contribution >= 0.6 is 0 Å². The van der Waals surface area contributed by atoms with E-state index < -0.39 is 21.5 Å². The molecule has 2 rings (SSSR count). The van der Waals surface area contributed by atoms with Crippen molar-refractivity contribution in [3.8, 4) is 0 Å². The van der Waals surface area contributed by atoms with Crippen molar-refractivity contribution in [1.29, 1.82) is 0 Å². The van der Waals surface area contributed by atoms with Crippen molar-refractivity contribution in [2.75, 3.05) is 11.1 Å². The number of anilines is 1. The molecule has 0 atom stereocenters. The highest BCUT2D eigenvalue weighted by Gasteiger charge is 2.19. The maximum atomic E-state index is 12.1. The van der Waals surface area contributed by atoms with Crippen LogP contribution in [0, 0.1) is 13.8 Å². The van der Waals surface area contributed by atoms with Crippen LogP contribution in [0.2, 0.25) is 0 Å². The number of amides is 1. The predicted molar refractivity (Wildman–Crippen MR) is 83.0 cm³/mol. The van der Waals surface area contributed by atoms with Gasteiger partial charge in [0.1, 0.15) is 5.75 Å². The van der Waals surface area contributed by atoms with Gasteiger partial charge in [-0.25, -0.2) is 8.42 Å². The largest absolute Gasteiger partial charge is 0.325 e. The third kappa shape index (κ3) is 3.92. The lowest BCUT2D eigenvalue weighted by atomic mass is 10.1. The van der Waals surface area contributed by atoms with E-state index in [4.69, 9.17) is 0 Å². The Kier molecular flexibility index (Phi) is 4.43. The number of aryl methyl sites for hydroxylation is 2. The molecule has 0 unspecified atom stereocenters. The molecule has 0 aliphatic carbocycles. The first-order chi connectivity index (χ1) is 9.88. The van der Waals surface area contributed by atoms with E-state index in [1.807, 2.05) is 26.0 Å². The zero-order valence-electron chi connectivity index (χ0n) is 12.0. The SMILES string of the molecule is Cc1ccc(NC(=O)CS(=O)(=O)c2ccccc2)cc1C. The summed E-state index contributed by atoms with van der Waals surface area (Å²) in [4.78, 5) is 12.1. The Balaban J connectivity index is 2.10. The fraction of sp³-hybridized carbons (Fsp3) is 0.188. The molecule has 0 bridgehead atoms. The monoisotopic (exact) mass is 303 g/mol. The lowest BCUT2D eigenvalue weighted by Crippen LogP contribution is -2.23. The minimum absolute atomic E-state index is 0.153. The number of hydrogen-bond acceptors (Lipinski definition) is 3. The Morgan fingerprint density at radius 2 is 1.67 bits per heavy atom. The second-order valence-corrected chi connectivity index (χ2v) is 6.91. The van der Waals surface area contributed by atoms with Crippen LogP contribution in [-0.4, -0.2) is 20.1 Å². The topological polar surface area (TPSA) is 63.2 Å². The summed E-state index contributed by atoms with van der Waals surface area (Å²) in [7, 11) is -3.61. The van der Waals surface area contributed by atoms with Crippen LogP contribution in [0.5, 0.6) is 0 Å². The van der Waals surface area contributed by atoms with E-state index >= 15 is 0 Å². The quantitative estimate of drug-likeness (QED) is 0.944. The Hall–Kier alpha value is -2.14. The van der Waals surface area contributed by atoms with Crippen molar-refractivity contribution in [3.05, 3.63) is 59.7 Å². The molecule has 0 aliphatic rings. The highest BCUT2D eigenvalue weighted by molar-refractivity contribution is 7.92. The lowest BCUT2D eigenvalue weighted by molar-refractivity contribution is -0.113. The highest BCUT2D eigenvalue weighted by Crippen LogP contribution is 2.15. The molecular weight excluding hydrogens is 286 g/mol. The van der Waals surface area contributed by atoms with E-state index in [-0.39, 0.29) is 4.90 Å². The Morgan fingerprint density at radius 3 is 2.29 bits per heavy atom. The van der Waals surface area contributed by atoms with E-state index in [2.05, 4.69) is 5.32 Å². The van der Waals surface area contributed by atoms with Gasteiger partial charge in [0.25, 0.3) is 0 Å². The van der Waals surface area contributed by atoms with Crippen LogP contribution in [0.4, 0.5) is 5.69 Å². The van der Waals surface area contributed by atoms with Crippen molar-refractivity contribution < 1.29 is 13.2 Å². The molecule has 5 heteroatoms. The second-order valence-electron chi connectivity index (χ2n) is 4.92. The summed E-state index contributed by atoms with van der Waals surface area (Å²) in [5.74, 6) is -1.11. The van der Waals surface area contributed by atoms with Crippen molar-refractivity contribution in [2.45, 2.75) is 18.7 Å². The van der Waals surface area contributed by atoms with Crippen LogP contribution < -0.4 is 5.32 Å². The summed E-state index contributed by atoms with van der Waals surface area (Å²) in [5.41, 5.74) is 2.76. The number of carbonyl (C=O) groups is 1. The molecule has 2 aromatic rings. The van der Waals surface area contributed by atoms with Gasteiger partial charge < -0.3 is 5.32 Å². The van der Waals surface area contributed by atoms with E-state index in [0.29, 0.717) is 5.69 Å². The molecule has 0 heterocycles. The number of benzene rings is 2. The summed E-state index contributed by atoms with van der Waals surface area (Å²) < 4.78 is 24.2. The maximum Gasteiger partial charge on any atom is 0.239 e. The van der Waals surface area contributed by atoms with Crippen LogP contribution in [0.1, 0.15) is 11.1 Å². The second kappa shape index (κ2) is 6.10. The molecular formula is C16H17NO3S. The van der Waals surface area contributed by atoms with Crippen LogP contribution in [-0.2, 0) is 14.6 Å². The zero-order chi connectivity index (χ0) is 15.5. The van der Waals surface area contributed by atoms with Crippen LogP contribution in [0.25, 0.3) is 0 Å². The summed E-state index contributed by atoms with van der Waals surface area (Å²) in [6, 6.07) is 13.4. The van der Waals surface area contributed by atoms with Crippen LogP contribution in [0.3, 0.4) is 0 Å². The summed E-state index contributed by atoms with van der Waals surface area (Å²) in [6.07, 6.45) is 0. The van der Waals surface area contributed by atoms with Gasteiger partial charge in [0.05, 0.1) is 4.90 Å². The lowest BCUT2D eigenvalue weighted by Gasteiger charge is -2.08. The number of nitrogens with one attached hydrogen (secondary N) is 1. The van der Waals surface area contributed by atoms with E-state index in [1.165, 1.54) is 12.1 Å². The summed E-state index contributed by atoms with van der Waals surface area (Å²) in [6.45, 7) is 3.91. The van der Waals surface area contributed by atoms with Gasteiger partial charge in [-0.2, -0.15) is 0 Å². The van der Waals surface area contributed by atoms with Gasteiger partial charge in [-0.15, -0.1) is 0 Å². The first-order valence-electron chi connectivity index (χ1n) is 6.53. The first kappa shape index (κ1) is 15.3. The predicted octanol–water partition coefficient (Wildman–Crippen LogP) is 2.72. The van der Waals surface area contributed by atoms with E-state index in [1.54, 1.807) is 24.3 Å². The molecule has 0 radical (unpaired) electrons. The van der Waals surface area contributed by atoms with E-state index in [9.17, 15) is 13.2 Å². The molecule has 110 valence electrons. The van der Waals surface area contributed by atoms with Gasteiger partial charge in [0, 0.05) is 5.69 Å².